The first kappa shape index (κ1) is 16.6. The first-order valence-corrected chi connectivity index (χ1v) is 8.01. The molecule has 0 bridgehead atoms. The molecule has 1 amide bonds. The number of carbonyl (C=O) groups excluding carboxylic acids is 1. The first-order valence-electron chi connectivity index (χ1n) is 8.01. The topological polar surface area (TPSA) is 86.9 Å². The number of ether oxygens (including phenoxy) is 1. The number of hydrogen-bond donors (Lipinski definition) is 1. The average Bonchev–Trinajstić information content (AvgIpc) is 3.07. The van der Waals surface area contributed by atoms with Crippen molar-refractivity contribution < 1.29 is 9.53 Å². The van der Waals surface area contributed by atoms with E-state index in [9.17, 15) is 4.79 Å². The molecule has 24 heavy (non-hydrogen) atoms. The molecule has 1 fully saturated rings. The molecule has 130 valence electrons. The zero-order chi connectivity index (χ0) is 17.7. The molecule has 1 aliphatic rings. The van der Waals surface area contributed by atoms with Crippen molar-refractivity contribution in [3.05, 3.63) is 23.8 Å². The fraction of sp³-hybridized carbons (Fsp3) is 0.625. The van der Waals surface area contributed by atoms with E-state index in [2.05, 4.69) is 20.7 Å². The Morgan fingerprint density at radius 3 is 2.62 bits per heavy atom. The molecule has 1 aliphatic heterocycles. The Bertz CT molecular complexity index is 773. The van der Waals surface area contributed by atoms with Crippen LogP contribution in [0, 0.1) is 6.92 Å². The van der Waals surface area contributed by atoms with Crippen LogP contribution in [0.15, 0.2) is 12.4 Å². The number of carbonyl (C=O) groups is 1. The molecule has 0 aliphatic carbocycles. The van der Waals surface area contributed by atoms with Crippen molar-refractivity contribution in [2.45, 2.75) is 58.3 Å². The lowest BCUT2D eigenvalue weighted by molar-refractivity contribution is -0.0693. The summed E-state index contributed by atoms with van der Waals surface area (Å²) in [6.45, 7) is 9.87. The fourth-order valence-corrected chi connectivity index (χ4v) is 3.32. The van der Waals surface area contributed by atoms with Crippen molar-refractivity contribution in [2.75, 3.05) is 0 Å². The van der Waals surface area contributed by atoms with Crippen LogP contribution < -0.4 is 5.32 Å². The highest BCUT2D eigenvalue weighted by atomic mass is 16.5. The molecule has 2 aromatic heterocycles. The molecule has 8 nitrogen and oxygen atoms in total. The number of aryl methyl sites for hydroxylation is 1. The van der Waals surface area contributed by atoms with Crippen LogP contribution in [0.2, 0.25) is 0 Å². The van der Waals surface area contributed by atoms with Crippen molar-refractivity contribution in [3.63, 3.8) is 0 Å². The summed E-state index contributed by atoms with van der Waals surface area (Å²) in [5.41, 5.74) is 1.08. The third-order valence-corrected chi connectivity index (χ3v) is 4.43. The lowest BCUT2D eigenvalue weighted by Gasteiger charge is -2.27. The van der Waals surface area contributed by atoms with Gasteiger partial charge in [0, 0.05) is 7.05 Å². The molecule has 3 heterocycles. The van der Waals surface area contributed by atoms with Gasteiger partial charge in [-0.25, -0.2) is 4.68 Å². The van der Waals surface area contributed by atoms with E-state index in [4.69, 9.17) is 4.74 Å². The zero-order valence-electron chi connectivity index (χ0n) is 15.0. The Hall–Kier alpha value is -2.22. The minimum atomic E-state index is -0.424. The molecule has 0 aromatic carbocycles. The Balaban J connectivity index is 1.80. The second-order valence-corrected chi connectivity index (χ2v) is 7.50. The SMILES string of the molecule is Cc1c(C(=O)NC2CC(C)(C)OC2(C)C)nnn1-c1cnn(C)c1. The van der Waals surface area contributed by atoms with E-state index in [1.807, 2.05) is 47.9 Å². The van der Waals surface area contributed by atoms with Crippen LogP contribution in [0.3, 0.4) is 0 Å². The van der Waals surface area contributed by atoms with Gasteiger partial charge in [-0.05, 0) is 41.0 Å². The fourth-order valence-electron chi connectivity index (χ4n) is 3.32. The number of hydrogen-bond acceptors (Lipinski definition) is 5. The maximum atomic E-state index is 12.7. The van der Waals surface area contributed by atoms with Crippen molar-refractivity contribution in [3.8, 4) is 5.69 Å². The molecule has 1 N–H and O–H groups in total. The van der Waals surface area contributed by atoms with E-state index in [1.54, 1.807) is 15.6 Å². The molecular formula is C16H24N6O2. The van der Waals surface area contributed by atoms with Crippen LogP contribution in [0.1, 0.15) is 50.3 Å². The van der Waals surface area contributed by atoms with Gasteiger partial charge >= 0.3 is 0 Å². The van der Waals surface area contributed by atoms with E-state index in [1.165, 1.54) is 0 Å². The molecule has 1 unspecified atom stereocenters. The summed E-state index contributed by atoms with van der Waals surface area (Å²) >= 11 is 0. The van der Waals surface area contributed by atoms with E-state index in [0.717, 1.165) is 12.1 Å². The van der Waals surface area contributed by atoms with Gasteiger partial charge in [-0.3, -0.25) is 9.48 Å². The number of rotatable bonds is 3. The van der Waals surface area contributed by atoms with Crippen LogP contribution >= 0.6 is 0 Å². The number of nitrogens with zero attached hydrogens (tertiary/aromatic N) is 5. The normalized spacial score (nSPS) is 21.8. The van der Waals surface area contributed by atoms with E-state index in [-0.39, 0.29) is 17.6 Å². The van der Waals surface area contributed by atoms with E-state index in [0.29, 0.717) is 11.4 Å². The molecular weight excluding hydrogens is 308 g/mol. The minimum absolute atomic E-state index is 0.0806. The minimum Gasteiger partial charge on any atom is -0.367 e. The van der Waals surface area contributed by atoms with Gasteiger partial charge in [0.1, 0.15) is 5.69 Å². The molecule has 0 spiro atoms. The standard InChI is InChI=1S/C16H24N6O2/c1-10-13(19-20-22(10)11-8-17-21(6)9-11)14(23)18-12-7-15(2,3)24-16(12,4)5/h8-9,12H,7H2,1-6H3,(H,18,23). The zero-order valence-corrected chi connectivity index (χ0v) is 15.0. The lowest BCUT2D eigenvalue weighted by atomic mass is 9.94. The Morgan fingerprint density at radius 1 is 1.38 bits per heavy atom. The van der Waals surface area contributed by atoms with Gasteiger partial charge in [0.05, 0.1) is 35.3 Å². The van der Waals surface area contributed by atoms with Crippen LogP contribution in [0.25, 0.3) is 5.69 Å². The van der Waals surface area contributed by atoms with Gasteiger partial charge in [-0.15, -0.1) is 5.10 Å². The highest BCUT2D eigenvalue weighted by Gasteiger charge is 2.46. The lowest BCUT2D eigenvalue weighted by Crippen LogP contribution is -2.46. The highest BCUT2D eigenvalue weighted by molar-refractivity contribution is 5.93. The predicted octanol–water partition coefficient (Wildman–Crippen LogP) is 1.39. The summed E-state index contributed by atoms with van der Waals surface area (Å²) in [6, 6.07) is -0.0806. The first-order chi connectivity index (χ1) is 11.1. The molecule has 0 radical (unpaired) electrons. The maximum absolute atomic E-state index is 12.7. The largest absolute Gasteiger partial charge is 0.367 e. The molecule has 1 atom stereocenters. The van der Waals surface area contributed by atoms with Crippen molar-refractivity contribution in [2.24, 2.45) is 7.05 Å². The summed E-state index contributed by atoms with van der Waals surface area (Å²) < 4.78 is 9.32. The highest BCUT2D eigenvalue weighted by Crippen LogP contribution is 2.37. The van der Waals surface area contributed by atoms with Gasteiger partial charge < -0.3 is 10.1 Å². The molecule has 1 saturated heterocycles. The molecule has 8 heteroatoms. The average molecular weight is 332 g/mol. The summed E-state index contributed by atoms with van der Waals surface area (Å²) in [5.74, 6) is -0.234. The van der Waals surface area contributed by atoms with Gasteiger partial charge in [0.2, 0.25) is 0 Å². The number of nitrogens with one attached hydrogen (secondary N) is 1. The summed E-state index contributed by atoms with van der Waals surface area (Å²) in [6.07, 6.45) is 4.25. The van der Waals surface area contributed by atoms with Gasteiger partial charge in [0.25, 0.3) is 5.91 Å². The Morgan fingerprint density at radius 2 is 2.08 bits per heavy atom. The van der Waals surface area contributed by atoms with Gasteiger partial charge in [-0.2, -0.15) is 5.10 Å². The Labute approximate surface area is 141 Å². The quantitative estimate of drug-likeness (QED) is 0.918. The second kappa shape index (κ2) is 5.41. The summed E-state index contributed by atoms with van der Waals surface area (Å²) in [7, 11) is 1.83. The van der Waals surface area contributed by atoms with Gasteiger partial charge in [-0.1, -0.05) is 5.21 Å². The number of amides is 1. The monoisotopic (exact) mass is 332 g/mol. The van der Waals surface area contributed by atoms with Crippen LogP contribution in [-0.2, 0) is 11.8 Å². The Kier molecular flexibility index (Phi) is 3.75. The van der Waals surface area contributed by atoms with Crippen molar-refractivity contribution >= 4 is 5.91 Å². The van der Waals surface area contributed by atoms with Crippen LogP contribution in [-0.4, -0.2) is 47.9 Å². The van der Waals surface area contributed by atoms with E-state index >= 15 is 0 Å². The maximum Gasteiger partial charge on any atom is 0.274 e. The third kappa shape index (κ3) is 2.93. The smallest absolute Gasteiger partial charge is 0.274 e. The van der Waals surface area contributed by atoms with Crippen LogP contribution in [0.4, 0.5) is 0 Å². The predicted molar refractivity (Wildman–Crippen MR) is 88.0 cm³/mol. The third-order valence-electron chi connectivity index (χ3n) is 4.43. The summed E-state index contributed by atoms with van der Waals surface area (Å²) in [4.78, 5) is 12.7. The molecule has 2 aromatic rings. The summed E-state index contributed by atoms with van der Waals surface area (Å²) in [5, 5.41) is 15.3. The second-order valence-electron chi connectivity index (χ2n) is 7.50. The van der Waals surface area contributed by atoms with Gasteiger partial charge in [0.15, 0.2) is 5.69 Å². The van der Waals surface area contributed by atoms with Crippen molar-refractivity contribution in [1.82, 2.24) is 30.1 Å². The van der Waals surface area contributed by atoms with Crippen molar-refractivity contribution in [1.29, 1.82) is 0 Å². The van der Waals surface area contributed by atoms with E-state index < -0.39 is 5.60 Å². The van der Waals surface area contributed by atoms with Crippen LogP contribution in [0.5, 0.6) is 0 Å². The number of aromatic nitrogens is 5. The molecule has 0 saturated carbocycles. The molecule has 3 rings (SSSR count).